The molecule has 5 heteroatoms. The van der Waals surface area contributed by atoms with Gasteiger partial charge in [0.05, 0.1) is 23.6 Å². The third-order valence-electron chi connectivity index (χ3n) is 5.15. The van der Waals surface area contributed by atoms with Crippen LogP contribution < -0.4 is 0 Å². The molecule has 1 aliphatic heterocycles. The van der Waals surface area contributed by atoms with Gasteiger partial charge in [0.2, 0.25) is 0 Å². The Morgan fingerprint density at radius 2 is 1.93 bits per heavy atom. The van der Waals surface area contributed by atoms with E-state index in [4.69, 9.17) is 9.72 Å². The van der Waals surface area contributed by atoms with Crippen molar-refractivity contribution in [1.82, 2.24) is 14.5 Å². The van der Waals surface area contributed by atoms with Gasteiger partial charge in [-0.05, 0) is 44.6 Å². The molecule has 0 spiro atoms. The normalized spacial score (nSPS) is 18.3. The molecule has 0 N–H and O–H groups in total. The number of fused-ring (bicyclic) bond motifs is 1. The second-order valence-corrected chi connectivity index (χ2v) is 7.29. The van der Waals surface area contributed by atoms with Crippen molar-refractivity contribution in [2.75, 3.05) is 20.7 Å². The monoisotopic (exact) mass is 363 g/mol. The molecule has 1 fully saturated rings. The summed E-state index contributed by atoms with van der Waals surface area (Å²) in [5.41, 5.74) is 2.91. The second-order valence-electron chi connectivity index (χ2n) is 7.29. The molecule has 2 atom stereocenters. The van der Waals surface area contributed by atoms with Gasteiger partial charge in [-0.1, -0.05) is 42.5 Å². The number of ketones is 1. The quantitative estimate of drug-likeness (QED) is 0.669. The molecule has 5 nitrogen and oxygen atoms in total. The maximum absolute atomic E-state index is 13.3. The molecule has 140 valence electrons. The maximum Gasteiger partial charge on any atom is 0.174 e. The third-order valence-corrected chi connectivity index (χ3v) is 5.15. The van der Waals surface area contributed by atoms with Gasteiger partial charge in [-0.3, -0.25) is 9.69 Å². The third kappa shape index (κ3) is 3.53. The first-order valence-electron chi connectivity index (χ1n) is 9.46. The van der Waals surface area contributed by atoms with Crippen LogP contribution in [0.3, 0.4) is 0 Å². The number of benzene rings is 2. The molecule has 0 aliphatic carbocycles. The number of imidazole rings is 1. The van der Waals surface area contributed by atoms with Crippen molar-refractivity contribution in [1.29, 1.82) is 0 Å². The van der Waals surface area contributed by atoms with E-state index in [1.54, 1.807) is 0 Å². The Hall–Kier alpha value is -2.50. The Balaban J connectivity index is 1.71. The number of ether oxygens (including phenoxy) is 1. The zero-order valence-corrected chi connectivity index (χ0v) is 15.8. The van der Waals surface area contributed by atoms with Gasteiger partial charge in [-0.25, -0.2) is 4.98 Å². The van der Waals surface area contributed by atoms with E-state index in [9.17, 15) is 4.79 Å². The standard InChI is InChI=1S/C22H25N3O2/c1-24(2)21(16-9-4-3-5-10-16)19(26)15-25-18-12-7-6-11-17(18)23-22(25)20-13-8-14-27-20/h3-7,9-12,20-21H,8,13-15H2,1-2H3/t20-,21-/m0/s1. The molecule has 0 unspecified atom stereocenters. The summed E-state index contributed by atoms with van der Waals surface area (Å²) in [4.78, 5) is 20.1. The van der Waals surface area contributed by atoms with Crippen molar-refractivity contribution in [3.8, 4) is 0 Å². The molecule has 1 aromatic heterocycles. The van der Waals surface area contributed by atoms with E-state index in [1.165, 1.54) is 0 Å². The molecule has 1 aliphatic rings. The molecule has 0 saturated carbocycles. The van der Waals surface area contributed by atoms with Crippen LogP contribution >= 0.6 is 0 Å². The largest absolute Gasteiger partial charge is 0.370 e. The van der Waals surface area contributed by atoms with Crippen molar-refractivity contribution >= 4 is 16.8 Å². The molecule has 2 heterocycles. The Labute approximate surface area is 159 Å². The van der Waals surface area contributed by atoms with Crippen LogP contribution in [-0.4, -0.2) is 40.9 Å². The summed E-state index contributed by atoms with van der Waals surface area (Å²) in [5.74, 6) is 1.02. The summed E-state index contributed by atoms with van der Waals surface area (Å²) < 4.78 is 7.93. The number of hydrogen-bond acceptors (Lipinski definition) is 4. The summed E-state index contributed by atoms with van der Waals surface area (Å²) in [6.45, 7) is 1.04. The zero-order chi connectivity index (χ0) is 18.8. The molecule has 0 bridgehead atoms. The number of hydrogen-bond donors (Lipinski definition) is 0. The number of likely N-dealkylation sites (N-methyl/N-ethyl adjacent to an activating group) is 1. The van der Waals surface area contributed by atoms with Crippen LogP contribution in [0.5, 0.6) is 0 Å². The Bertz CT molecular complexity index is 927. The highest BCUT2D eigenvalue weighted by molar-refractivity contribution is 5.87. The molecule has 0 radical (unpaired) electrons. The van der Waals surface area contributed by atoms with E-state index in [1.807, 2.05) is 78.2 Å². The van der Waals surface area contributed by atoms with Crippen LogP contribution in [0.4, 0.5) is 0 Å². The maximum atomic E-state index is 13.3. The highest BCUT2D eigenvalue weighted by Crippen LogP contribution is 2.31. The minimum absolute atomic E-state index is 0.0280. The average molecular weight is 363 g/mol. The lowest BCUT2D eigenvalue weighted by molar-refractivity contribution is -0.124. The first-order valence-corrected chi connectivity index (χ1v) is 9.46. The minimum Gasteiger partial charge on any atom is -0.370 e. The summed E-state index contributed by atoms with van der Waals surface area (Å²) >= 11 is 0. The van der Waals surface area contributed by atoms with Gasteiger partial charge in [0.15, 0.2) is 5.78 Å². The van der Waals surface area contributed by atoms with Gasteiger partial charge in [-0.2, -0.15) is 0 Å². The lowest BCUT2D eigenvalue weighted by Gasteiger charge is -2.24. The molecular weight excluding hydrogens is 338 g/mol. The average Bonchev–Trinajstić information content (AvgIpc) is 3.31. The lowest BCUT2D eigenvalue weighted by Crippen LogP contribution is -2.31. The number of para-hydroxylation sites is 2. The van der Waals surface area contributed by atoms with Crippen LogP contribution in [0, 0.1) is 0 Å². The summed E-state index contributed by atoms with van der Waals surface area (Å²) in [6.07, 6.45) is 1.96. The predicted octanol–water partition coefficient (Wildman–Crippen LogP) is 3.76. The van der Waals surface area contributed by atoms with Crippen LogP contribution in [0.15, 0.2) is 54.6 Å². The van der Waals surface area contributed by atoms with E-state index in [0.29, 0.717) is 0 Å². The van der Waals surface area contributed by atoms with Crippen molar-refractivity contribution < 1.29 is 9.53 Å². The molecule has 0 amide bonds. The van der Waals surface area contributed by atoms with Gasteiger partial charge in [0.1, 0.15) is 11.9 Å². The van der Waals surface area contributed by atoms with Gasteiger partial charge >= 0.3 is 0 Å². The molecular formula is C22H25N3O2. The van der Waals surface area contributed by atoms with Gasteiger partial charge in [0, 0.05) is 6.61 Å². The molecule has 1 saturated heterocycles. The van der Waals surface area contributed by atoms with E-state index < -0.39 is 0 Å². The molecule has 4 rings (SSSR count). The summed E-state index contributed by atoms with van der Waals surface area (Å²) in [6, 6.07) is 17.6. The number of rotatable bonds is 6. The Morgan fingerprint density at radius 3 is 2.63 bits per heavy atom. The number of aromatic nitrogens is 2. The smallest absolute Gasteiger partial charge is 0.174 e. The van der Waals surface area contributed by atoms with Gasteiger partial charge in [0.25, 0.3) is 0 Å². The van der Waals surface area contributed by atoms with E-state index in [-0.39, 0.29) is 24.5 Å². The van der Waals surface area contributed by atoms with Crippen LogP contribution in [0.1, 0.15) is 36.4 Å². The lowest BCUT2D eigenvalue weighted by atomic mass is 10.0. The Morgan fingerprint density at radius 1 is 1.19 bits per heavy atom. The minimum atomic E-state index is -0.287. The fourth-order valence-electron chi connectivity index (χ4n) is 3.94. The van der Waals surface area contributed by atoms with Crippen molar-refractivity contribution in [2.24, 2.45) is 0 Å². The van der Waals surface area contributed by atoms with Crippen LogP contribution in [0.2, 0.25) is 0 Å². The molecule has 3 aromatic rings. The van der Waals surface area contributed by atoms with Crippen LogP contribution in [-0.2, 0) is 16.1 Å². The van der Waals surface area contributed by atoms with Gasteiger partial charge < -0.3 is 9.30 Å². The fourth-order valence-corrected chi connectivity index (χ4v) is 3.94. The number of carbonyl (C=O) groups is 1. The summed E-state index contributed by atoms with van der Waals surface area (Å²) in [5, 5.41) is 0. The van der Waals surface area contributed by atoms with Crippen molar-refractivity contribution in [3.05, 3.63) is 66.0 Å². The topological polar surface area (TPSA) is 47.4 Å². The zero-order valence-electron chi connectivity index (χ0n) is 15.8. The van der Waals surface area contributed by atoms with E-state index in [2.05, 4.69) is 0 Å². The first kappa shape index (κ1) is 17.9. The second kappa shape index (κ2) is 7.62. The van der Waals surface area contributed by atoms with Crippen LogP contribution in [0.25, 0.3) is 11.0 Å². The SMILES string of the molecule is CN(C)[C@H](C(=O)Cn1c([C@@H]2CCCO2)nc2ccccc21)c1ccccc1. The highest BCUT2D eigenvalue weighted by Gasteiger charge is 2.28. The number of carbonyl (C=O) groups excluding carboxylic acids is 1. The Kier molecular flexibility index (Phi) is 5.05. The highest BCUT2D eigenvalue weighted by atomic mass is 16.5. The number of Topliss-reactive ketones (excluding diaryl/α,β-unsaturated/α-hetero) is 1. The molecule has 27 heavy (non-hydrogen) atoms. The van der Waals surface area contributed by atoms with Gasteiger partial charge in [-0.15, -0.1) is 0 Å². The molecule has 2 aromatic carbocycles. The van der Waals surface area contributed by atoms with Crippen molar-refractivity contribution in [2.45, 2.75) is 31.5 Å². The first-order chi connectivity index (χ1) is 13.1. The van der Waals surface area contributed by atoms with Crippen molar-refractivity contribution in [3.63, 3.8) is 0 Å². The van der Waals surface area contributed by atoms with E-state index >= 15 is 0 Å². The van der Waals surface area contributed by atoms with E-state index in [0.717, 1.165) is 41.9 Å². The predicted molar refractivity (Wildman–Crippen MR) is 106 cm³/mol. The summed E-state index contributed by atoms with van der Waals surface area (Å²) in [7, 11) is 3.89. The fraction of sp³-hybridized carbons (Fsp3) is 0.364. The number of nitrogens with zero attached hydrogens (tertiary/aromatic N) is 3.